The van der Waals surface area contributed by atoms with Gasteiger partial charge < -0.3 is 0 Å². The van der Waals surface area contributed by atoms with E-state index in [9.17, 15) is 0 Å². The predicted molar refractivity (Wildman–Crippen MR) is 224 cm³/mol. The fourth-order valence-electron chi connectivity index (χ4n) is 8.14. The van der Waals surface area contributed by atoms with E-state index in [0.717, 1.165) is 0 Å². The van der Waals surface area contributed by atoms with Gasteiger partial charge in [-0.3, -0.25) is 0 Å². The predicted octanol–water partition coefficient (Wildman–Crippen LogP) is 14.6. The summed E-state index contributed by atoms with van der Waals surface area (Å²) in [6.45, 7) is 0. The van der Waals surface area contributed by atoms with Crippen LogP contribution in [-0.2, 0) is 0 Å². The van der Waals surface area contributed by atoms with E-state index in [1.807, 2.05) is 0 Å². The molecule has 0 nitrogen and oxygen atoms in total. The zero-order chi connectivity index (χ0) is 34.4. The largest absolute Gasteiger partial charge is 0.0622 e. The molecule has 52 heavy (non-hydrogen) atoms. The lowest BCUT2D eigenvalue weighted by atomic mass is 9.84. The maximum absolute atomic E-state index is 2.39. The van der Waals surface area contributed by atoms with Crippen LogP contribution >= 0.6 is 0 Å². The first-order valence-electron chi connectivity index (χ1n) is 18.0. The molecule has 0 fully saturated rings. The molecule has 0 saturated carbocycles. The molecule has 0 saturated heterocycles. The Morgan fingerprint density at radius 1 is 0.192 bits per heavy atom. The van der Waals surface area contributed by atoms with E-state index in [2.05, 4.69) is 206 Å². The van der Waals surface area contributed by atoms with Gasteiger partial charge in [0.15, 0.2) is 0 Å². The zero-order valence-corrected chi connectivity index (χ0v) is 28.6. The molecule has 0 aliphatic carbocycles. The highest BCUT2D eigenvalue weighted by Gasteiger charge is 2.18. The Hall–Kier alpha value is -6.76. The molecule has 0 heteroatoms. The van der Waals surface area contributed by atoms with Gasteiger partial charge >= 0.3 is 0 Å². The van der Waals surface area contributed by atoms with Crippen molar-refractivity contribution in [1.29, 1.82) is 0 Å². The third kappa shape index (κ3) is 5.16. The van der Waals surface area contributed by atoms with Crippen LogP contribution < -0.4 is 0 Å². The van der Waals surface area contributed by atoms with Gasteiger partial charge in [-0.05, 0) is 123 Å². The quantitative estimate of drug-likeness (QED) is 0.161. The van der Waals surface area contributed by atoms with E-state index in [1.165, 1.54) is 98.7 Å². The van der Waals surface area contributed by atoms with Crippen LogP contribution in [0.25, 0.3) is 98.7 Å². The molecule has 0 amide bonds. The summed E-state index contributed by atoms with van der Waals surface area (Å²) in [5.41, 5.74) is 12.4. The fourth-order valence-corrected chi connectivity index (χ4v) is 8.14. The maximum atomic E-state index is 2.39. The van der Waals surface area contributed by atoms with Crippen molar-refractivity contribution in [3.8, 4) is 55.6 Å². The van der Waals surface area contributed by atoms with Crippen molar-refractivity contribution >= 4 is 43.1 Å². The summed E-state index contributed by atoms with van der Waals surface area (Å²) in [4.78, 5) is 0. The Morgan fingerprint density at radius 3 is 1.25 bits per heavy atom. The molecule has 0 spiro atoms. The lowest BCUT2D eigenvalue weighted by Crippen LogP contribution is -1.91. The standard InChI is InChI=1S/C52H34/c1-2-13-35(14-3-1)38-17-10-18-39(31-38)40-19-11-20-41(32-40)42-29-27-36-28-30-43(34-44(36)33-42)51-47-22-6-8-24-49(47)52(50-25-9-7-23-48(50)51)46-26-12-16-37-15-4-5-21-45(37)46/h1-34H. The summed E-state index contributed by atoms with van der Waals surface area (Å²) >= 11 is 0. The number of hydrogen-bond donors (Lipinski definition) is 0. The summed E-state index contributed by atoms with van der Waals surface area (Å²) in [6, 6.07) is 75.5. The summed E-state index contributed by atoms with van der Waals surface area (Å²) < 4.78 is 0. The van der Waals surface area contributed by atoms with E-state index in [4.69, 9.17) is 0 Å². The molecule has 0 aliphatic rings. The Balaban J connectivity index is 1.11. The fraction of sp³-hybridized carbons (Fsp3) is 0. The average Bonchev–Trinajstić information content (AvgIpc) is 3.22. The van der Waals surface area contributed by atoms with Crippen molar-refractivity contribution in [3.05, 3.63) is 206 Å². The van der Waals surface area contributed by atoms with Crippen molar-refractivity contribution in [2.45, 2.75) is 0 Å². The molecular weight excluding hydrogens is 625 g/mol. The minimum absolute atomic E-state index is 1.21. The summed E-state index contributed by atoms with van der Waals surface area (Å²) in [7, 11) is 0. The van der Waals surface area contributed by atoms with Crippen molar-refractivity contribution in [1.82, 2.24) is 0 Å². The van der Waals surface area contributed by atoms with Crippen LogP contribution in [0.3, 0.4) is 0 Å². The third-order valence-electron chi connectivity index (χ3n) is 10.6. The van der Waals surface area contributed by atoms with Crippen LogP contribution in [0.15, 0.2) is 206 Å². The SMILES string of the molecule is c1ccc(-c2cccc(-c3cccc(-c4ccc5ccc(-c6c7ccccc7c(-c7cccc8ccccc78)c7ccccc67)cc5c4)c3)c2)cc1. The monoisotopic (exact) mass is 658 g/mol. The first-order chi connectivity index (χ1) is 25.8. The topological polar surface area (TPSA) is 0 Å². The van der Waals surface area contributed by atoms with E-state index in [0.29, 0.717) is 0 Å². The van der Waals surface area contributed by atoms with E-state index in [-0.39, 0.29) is 0 Å². The van der Waals surface area contributed by atoms with Gasteiger partial charge in [-0.15, -0.1) is 0 Å². The van der Waals surface area contributed by atoms with Crippen LogP contribution in [0.5, 0.6) is 0 Å². The molecule has 0 aliphatic heterocycles. The molecule has 0 N–H and O–H groups in total. The van der Waals surface area contributed by atoms with Crippen molar-refractivity contribution in [2.24, 2.45) is 0 Å². The lowest BCUT2D eigenvalue weighted by Gasteiger charge is -2.19. The van der Waals surface area contributed by atoms with Crippen LogP contribution in [-0.4, -0.2) is 0 Å². The first kappa shape index (κ1) is 30.1. The van der Waals surface area contributed by atoms with Gasteiger partial charge in [0.25, 0.3) is 0 Å². The summed E-state index contributed by atoms with van der Waals surface area (Å²) in [6.07, 6.45) is 0. The highest BCUT2D eigenvalue weighted by atomic mass is 14.2. The number of fused-ring (bicyclic) bond motifs is 4. The molecule has 10 aromatic rings. The molecular formula is C52H34. The Bertz CT molecular complexity index is 2890. The van der Waals surface area contributed by atoms with E-state index >= 15 is 0 Å². The van der Waals surface area contributed by atoms with Crippen LogP contribution in [0.4, 0.5) is 0 Å². The van der Waals surface area contributed by atoms with Gasteiger partial charge in [-0.25, -0.2) is 0 Å². The Labute approximate surface area is 303 Å². The number of hydrogen-bond acceptors (Lipinski definition) is 0. The molecule has 10 rings (SSSR count). The number of benzene rings is 10. The average molecular weight is 659 g/mol. The van der Waals surface area contributed by atoms with E-state index < -0.39 is 0 Å². The van der Waals surface area contributed by atoms with E-state index in [1.54, 1.807) is 0 Å². The molecule has 242 valence electrons. The molecule has 0 atom stereocenters. The van der Waals surface area contributed by atoms with Crippen LogP contribution in [0, 0.1) is 0 Å². The maximum Gasteiger partial charge on any atom is -0.00201 e. The second kappa shape index (κ2) is 12.5. The molecule has 0 unspecified atom stereocenters. The zero-order valence-electron chi connectivity index (χ0n) is 28.6. The smallest absolute Gasteiger partial charge is 0.00201 e. The second-order valence-electron chi connectivity index (χ2n) is 13.7. The van der Waals surface area contributed by atoms with Gasteiger partial charge in [0.1, 0.15) is 0 Å². The normalized spacial score (nSPS) is 11.5. The first-order valence-corrected chi connectivity index (χ1v) is 18.0. The van der Waals surface area contributed by atoms with Crippen molar-refractivity contribution in [3.63, 3.8) is 0 Å². The van der Waals surface area contributed by atoms with Gasteiger partial charge in [-0.1, -0.05) is 182 Å². The van der Waals surface area contributed by atoms with Gasteiger partial charge in [0, 0.05) is 0 Å². The highest BCUT2D eigenvalue weighted by Crippen LogP contribution is 2.45. The van der Waals surface area contributed by atoms with Crippen LogP contribution in [0.2, 0.25) is 0 Å². The number of rotatable bonds is 5. The van der Waals surface area contributed by atoms with Gasteiger partial charge in [0.05, 0.1) is 0 Å². The summed E-state index contributed by atoms with van der Waals surface area (Å²) in [5.74, 6) is 0. The molecule has 10 aromatic carbocycles. The lowest BCUT2D eigenvalue weighted by molar-refractivity contribution is 1.58. The Morgan fingerprint density at radius 2 is 0.615 bits per heavy atom. The minimum Gasteiger partial charge on any atom is -0.0622 e. The second-order valence-corrected chi connectivity index (χ2v) is 13.7. The van der Waals surface area contributed by atoms with Gasteiger partial charge in [-0.2, -0.15) is 0 Å². The molecule has 0 heterocycles. The summed E-state index contributed by atoms with van der Waals surface area (Å²) in [5, 5.41) is 10.1. The molecule has 0 bridgehead atoms. The minimum atomic E-state index is 1.21. The van der Waals surface area contributed by atoms with Crippen molar-refractivity contribution in [2.75, 3.05) is 0 Å². The third-order valence-corrected chi connectivity index (χ3v) is 10.6. The van der Waals surface area contributed by atoms with Crippen LogP contribution in [0.1, 0.15) is 0 Å². The Kier molecular flexibility index (Phi) is 7.25. The highest BCUT2D eigenvalue weighted by molar-refractivity contribution is 6.23. The molecule has 0 aromatic heterocycles. The van der Waals surface area contributed by atoms with Gasteiger partial charge in [0.2, 0.25) is 0 Å². The molecule has 0 radical (unpaired) electrons. The van der Waals surface area contributed by atoms with Crippen molar-refractivity contribution < 1.29 is 0 Å².